The van der Waals surface area contributed by atoms with Crippen LogP contribution in [0.1, 0.15) is 148 Å². The van der Waals surface area contributed by atoms with Crippen LogP contribution in [0, 0.1) is 107 Å². The lowest BCUT2D eigenvalue weighted by atomic mass is 10.0. The highest BCUT2D eigenvalue weighted by atomic mass is 16.8. The lowest BCUT2D eigenvalue weighted by molar-refractivity contribution is -0.177. The van der Waals surface area contributed by atoms with Gasteiger partial charge in [-0.2, -0.15) is 0 Å². The van der Waals surface area contributed by atoms with E-state index < -0.39 is 18.0 Å². The summed E-state index contributed by atoms with van der Waals surface area (Å²) < 4.78 is 22.5. The highest BCUT2D eigenvalue weighted by molar-refractivity contribution is 6.01. The monoisotopic (exact) mass is 1100 g/mol. The predicted molar refractivity (Wildman–Crippen MR) is 293 cm³/mol. The molecule has 6 amide bonds. The molecule has 2 heterocycles. The minimum absolute atomic E-state index is 0. The summed E-state index contributed by atoms with van der Waals surface area (Å²) in [7, 11) is 6.42. The van der Waals surface area contributed by atoms with Crippen molar-refractivity contribution in [2.45, 2.75) is 156 Å². The molecule has 0 spiro atoms. The third kappa shape index (κ3) is 19.1. The third-order valence-corrected chi connectivity index (χ3v) is 16.8. The molecule has 1 aliphatic heterocycles. The number of ether oxygens (including phenoxy) is 4. The first-order valence-corrected chi connectivity index (χ1v) is 28.7. The maximum Gasteiger partial charge on any atom is 0.533 e. The van der Waals surface area contributed by atoms with Crippen LogP contribution in [0.25, 0.3) is 0 Å². The van der Waals surface area contributed by atoms with E-state index in [1.807, 2.05) is 18.5 Å². The molecule has 0 aromatic carbocycles. The summed E-state index contributed by atoms with van der Waals surface area (Å²) in [5, 5.41) is 19.2. The Bertz CT molecular complexity index is 2280. The zero-order valence-corrected chi connectivity index (χ0v) is 46.8. The number of nitrogens with one attached hydrogen (secondary N) is 4. The van der Waals surface area contributed by atoms with Gasteiger partial charge < -0.3 is 40.2 Å². The summed E-state index contributed by atoms with van der Waals surface area (Å²) in [4.78, 5) is 83.3. The number of aryl methyl sites for hydroxylation is 2. The number of hydrogen-bond donors (Lipinski definition) is 4. The Balaban J connectivity index is 0.000000195. The number of aromatic nitrogens is 3. The number of carbonyl (C=O) groups is 7. The minimum Gasteiger partial charge on any atom is -0.449 e. The van der Waals surface area contributed by atoms with Gasteiger partial charge in [0.15, 0.2) is 0 Å². The first-order valence-electron chi connectivity index (χ1n) is 28.7. The van der Waals surface area contributed by atoms with Crippen molar-refractivity contribution in [1.29, 1.82) is 0 Å². The second-order valence-corrected chi connectivity index (χ2v) is 21.1. The van der Waals surface area contributed by atoms with Crippen molar-refractivity contribution in [3.63, 3.8) is 0 Å². The van der Waals surface area contributed by atoms with Crippen LogP contribution >= 0.6 is 0 Å². The van der Waals surface area contributed by atoms with E-state index in [2.05, 4.69) is 71.9 Å². The molecule has 4 saturated carbocycles. The Morgan fingerprint density at radius 2 is 0.861 bits per heavy atom. The van der Waals surface area contributed by atoms with Crippen LogP contribution < -0.4 is 21.3 Å². The largest absolute Gasteiger partial charge is 0.533 e. The van der Waals surface area contributed by atoms with Gasteiger partial charge >= 0.3 is 24.4 Å². The summed E-state index contributed by atoms with van der Waals surface area (Å²) in [5.74, 6) is 25.4. The zero-order valence-electron chi connectivity index (χ0n) is 46.8. The molecule has 4 N–H and O–H groups in total. The fourth-order valence-electron chi connectivity index (χ4n) is 12.3. The smallest absolute Gasteiger partial charge is 0.449 e. The number of fused-ring (bicyclic) bond motifs is 5. The van der Waals surface area contributed by atoms with E-state index in [1.54, 1.807) is 28.2 Å². The summed E-state index contributed by atoms with van der Waals surface area (Å²) in [6.45, 7) is 6.68. The number of rotatable bonds is 13. The molecule has 3 unspecified atom stereocenters. The normalized spacial score (nSPS) is 28.3. The van der Waals surface area contributed by atoms with E-state index in [1.165, 1.54) is 31.4 Å². The van der Waals surface area contributed by atoms with Gasteiger partial charge in [0.25, 0.3) is 11.8 Å². The van der Waals surface area contributed by atoms with E-state index in [4.69, 9.17) is 18.9 Å². The summed E-state index contributed by atoms with van der Waals surface area (Å²) >= 11 is 0. The number of alkyl carbamates (subject to hydrolysis) is 3. The Labute approximate surface area is 468 Å². The van der Waals surface area contributed by atoms with Crippen molar-refractivity contribution in [2.75, 3.05) is 54.6 Å². The van der Waals surface area contributed by atoms with Gasteiger partial charge in [0, 0.05) is 92.5 Å². The molecule has 12 atom stereocenters. The number of carbonyl (C=O) groups excluding carboxylic acids is 7. The second kappa shape index (κ2) is 32.6. The molecule has 20 nitrogen and oxygen atoms in total. The molecule has 79 heavy (non-hydrogen) atoms. The van der Waals surface area contributed by atoms with Crippen LogP contribution in [0.3, 0.4) is 0 Å². The van der Waals surface area contributed by atoms with Gasteiger partial charge in [-0.15, -0.1) is 40.6 Å². The van der Waals surface area contributed by atoms with E-state index in [-0.39, 0.29) is 51.1 Å². The number of imide groups is 1. The molecule has 0 bridgehead atoms. The molecule has 1 saturated heterocycles. The molecule has 8 aliphatic carbocycles. The highest BCUT2D eigenvalue weighted by Gasteiger charge is 2.52. The fourth-order valence-corrected chi connectivity index (χ4v) is 12.3. The molecule has 1 aromatic rings. The molecule has 0 radical (unpaired) electrons. The standard InChI is InChI=1S/C17H27N5O3.C15H17NO5.2C12H17NO2.C2H6.CH4/c1-18-16(23)4-3-9-22-15-8-6-12-11(5-7-14(15)20-21-22)13(12)10-25-17(24)19-2;17-13-7-8-14(18)16(13)21-15(19)20-9-12-10-5-3-1-2-4-6-11(10)12;2*1-13-12(14)15-8-11-9-6-4-2-3-5-7-10(9)11;1-2;/h11-13H,3-10H2,1-2H3,(H,18,23)(H,19,24);10-12H,3-9H2;2*9-11H,4-8H2,1H3,(H,13,14);1-2H3;1H4/t11-,12+,13-;10-,11+,12?;2*9-,10+,11?;;/m0...../s1. The Morgan fingerprint density at radius 3 is 1.23 bits per heavy atom. The maximum atomic E-state index is 11.5. The van der Waals surface area contributed by atoms with Crippen molar-refractivity contribution in [1.82, 2.24) is 41.3 Å². The average Bonchev–Trinajstić information content (AvgIpc) is 4.57. The Kier molecular flexibility index (Phi) is 26.1. The van der Waals surface area contributed by atoms with Crippen LogP contribution in [-0.4, -0.2) is 117 Å². The molecule has 436 valence electrons. The minimum atomic E-state index is -0.978. The van der Waals surface area contributed by atoms with E-state index >= 15 is 0 Å². The summed E-state index contributed by atoms with van der Waals surface area (Å²) in [5.41, 5.74) is 2.31. The number of amides is 6. The van der Waals surface area contributed by atoms with Gasteiger partial charge in [0.1, 0.15) is 0 Å². The van der Waals surface area contributed by atoms with Gasteiger partial charge in [-0.3, -0.25) is 19.2 Å². The topological polar surface area (TPSA) is 248 Å². The van der Waals surface area contributed by atoms with Gasteiger partial charge in [-0.25, -0.2) is 23.9 Å². The van der Waals surface area contributed by atoms with E-state index in [9.17, 15) is 33.6 Å². The number of nitrogens with zero attached hydrogens (tertiary/aromatic N) is 4. The van der Waals surface area contributed by atoms with Crippen LogP contribution in [0.15, 0.2) is 0 Å². The fraction of sp³-hybridized carbons (Fsp3) is 0.746. The molecular weight excluding hydrogens is 1010 g/mol. The predicted octanol–water partition coefficient (Wildman–Crippen LogP) is 7.77. The highest BCUT2D eigenvalue weighted by Crippen LogP contribution is 2.55. The molecule has 1 aromatic heterocycles. The van der Waals surface area contributed by atoms with Gasteiger partial charge in [0.05, 0.1) is 37.8 Å². The van der Waals surface area contributed by atoms with Crippen molar-refractivity contribution in [3.05, 3.63) is 11.4 Å². The third-order valence-electron chi connectivity index (χ3n) is 16.8. The SMILES string of the molecule is C.CC.CNC(=O)CCCn1nnc2c1CC[C@@H]1[C@H](CC2)[C@@H]1COC(=O)NC.CNC(=O)OCC1[C@H]2CCC#CCC[C@@H]12.CNC(=O)OCC1[C@H]2CCC#CCC[C@@H]12.O=C(OCC1[C@H]2CCC#CCC[C@@H]12)ON1C(=O)CCC1=O. The maximum absolute atomic E-state index is 11.5. The molecule has 9 aliphatic rings. The van der Waals surface area contributed by atoms with Gasteiger partial charge in [0.2, 0.25) is 5.91 Å². The average molecular weight is 1100 g/mol. The summed E-state index contributed by atoms with van der Waals surface area (Å²) in [6, 6.07) is 0. The van der Waals surface area contributed by atoms with Crippen molar-refractivity contribution < 1.29 is 57.3 Å². The molecule has 5 fully saturated rings. The first kappa shape index (κ1) is 63.3. The second-order valence-electron chi connectivity index (χ2n) is 21.1. The number of hydrogen-bond acceptors (Lipinski definition) is 14. The van der Waals surface area contributed by atoms with Gasteiger partial charge in [-0.1, -0.05) is 31.6 Å². The van der Waals surface area contributed by atoms with Crippen LogP contribution in [0.5, 0.6) is 0 Å². The zero-order chi connectivity index (χ0) is 56.0. The summed E-state index contributed by atoms with van der Waals surface area (Å²) in [6.07, 6.45) is 16.2. The van der Waals surface area contributed by atoms with Crippen molar-refractivity contribution in [3.8, 4) is 35.5 Å². The lowest BCUT2D eigenvalue weighted by Crippen LogP contribution is -2.32. The Hall–Kier alpha value is -6.49. The quantitative estimate of drug-likeness (QED) is 0.0638. The van der Waals surface area contributed by atoms with E-state index in [0.717, 1.165) is 119 Å². The Morgan fingerprint density at radius 1 is 0.506 bits per heavy atom. The molecular formula is C59H88N8O12. The van der Waals surface area contributed by atoms with Crippen LogP contribution in [0.4, 0.5) is 19.2 Å². The van der Waals surface area contributed by atoms with Crippen LogP contribution in [0.2, 0.25) is 0 Å². The van der Waals surface area contributed by atoms with Crippen LogP contribution in [-0.2, 0) is 57.6 Å². The molecule has 20 heteroatoms. The first-order chi connectivity index (χ1) is 38.0. The van der Waals surface area contributed by atoms with Crippen molar-refractivity contribution in [2.24, 2.45) is 71.0 Å². The molecule has 10 rings (SSSR count). The number of hydroxylamine groups is 2. The van der Waals surface area contributed by atoms with Crippen molar-refractivity contribution >= 4 is 42.2 Å². The van der Waals surface area contributed by atoms with Gasteiger partial charge in [-0.05, 0) is 142 Å². The van der Waals surface area contributed by atoms with E-state index in [0.29, 0.717) is 78.6 Å². The lowest BCUT2D eigenvalue weighted by Gasteiger charge is -2.12.